The maximum atomic E-state index is 12.8. The predicted octanol–water partition coefficient (Wildman–Crippen LogP) is 2.36. The molecule has 0 aromatic heterocycles. The molecule has 0 bridgehead atoms. The maximum Gasteiger partial charge on any atom is 0.244 e. The van der Waals surface area contributed by atoms with Crippen molar-refractivity contribution in [3.8, 4) is 5.75 Å². The van der Waals surface area contributed by atoms with Crippen molar-refractivity contribution in [3.63, 3.8) is 0 Å². The van der Waals surface area contributed by atoms with E-state index in [-0.39, 0.29) is 17.3 Å². The third-order valence-corrected chi connectivity index (χ3v) is 6.35. The lowest BCUT2D eigenvalue weighted by Gasteiger charge is -2.28. The molecule has 22 heavy (non-hydrogen) atoms. The lowest BCUT2D eigenvalue weighted by atomic mass is 10.0. The molecule has 2 aliphatic rings. The van der Waals surface area contributed by atoms with Crippen LogP contribution in [0.5, 0.6) is 5.75 Å². The van der Waals surface area contributed by atoms with Crippen LogP contribution in [0.25, 0.3) is 0 Å². The molecule has 0 radical (unpaired) electrons. The zero-order valence-electron chi connectivity index (χ0n) is 12.1. The largest absolute Gasteiger partial charge is 0.492 e. The fourth-order valence-corrected chi connectivity index (χ4v) is 5.51. The molecule has 3 rings (SSSR count). The minimum Gasteiger partial charge on any atom is -0.492 e. The standard InChI is InChI=1S/C14H19BrN2O3S.ClH/c15-11-7-10-3-6-20-13(10)12(8-11)21(18,19)17-14(9-16)4-1-2-5-14;/h7-8,17H,1-6,9,16H2;1H. The second-order valence-corrected chi connectivity index (χ2v) is 8.35. The Bertz CT molecular complexity index is 660. The number of halogens is 2. The number of sulfonamides is 1. The molecule has 0 amide bonds. The number of fused-ring (bicyclic) bond motifs is 1. The van der Waals surface area contributed by atoms with Crippen LogP contribution in [0.2, 0.25) is 0 Å². The minimum absolute atomic E-state index is 0. The predicted molar refractivity (Wildman–Crippen MR) is 91.2 cm³/mol. The zero-order chi connectivity index (χ0) is 15.1. The third-order valence-electron chi connectivity index (χ3n) is 4.31. The van der Waals surface area contributed by atoms with Gasteiger partial charge < -0.3 is 10.5 Å². The van der Waals surface area contributed by atoms with Gasteiger partial charge >= 0.3 is 0 Å². The highest BCUT2D eigenvalue weighted by molar-refractivity contribution is 9.10. The number of nitrogens with two attached hydrogens (primary N) is 1. The Kier molecular flexibility index (Phi) is 5.44. The highest BCUT2D eigenvalue weighted by Crippen LogP contribution is 2.37. The molecule has 5 nitrogen and oxygen atoms in total. The Morgan fingerprint density at radius 1 is 1.32 bits per heavy atom. The first kappa shape index (κ1) is 18.0. The van der Waals surface area contributed by atoms with E-state index in [1.807, 2.05) is 6.07 Å². The molecular weight excluding hydrogens is 392 g/mol. The summed E-state index contributed by atoms with van der Waals surface area (Å²) in [6, 6.07) is 3.52. The number of hydrogen-bond donors (Lipinski definition) is 2. The van der Waals surface area contributed by atoms with E-state index in [1.165, 1.54) is 0 Å². The van der Waals surface area contributed by atoms with Gasteiger partial charge in [-0.1, -0.05) is 28.8 Å². The fraction of sp³-hybridized carbons (Fsp3) is 0.571. The second kappa shape index (κ2) is 6.65. The molecule has 1 saturated carbocycles. The third kappa shape index (κ3) is 3.28. The molecule has 1 aliphatic carbocycles. The van der Waals surface area contributed by atoms with Crippen LogP contribution in [0.15, 0.2) is 21.5 Å². The molecule has 1 aliphatic heterocycles. The van der Waals surface area contributed by atoms with Crippen LogP contribution in [-0.2, 0) is 16.4 Å². The zero-order valence-corrected chi connectivity index (χ0v) is 15.3. The van der Waals surface area contributed by atoms with E-state index < -0.39 is 15.6 Å². The smallest absolute Gasteiger partial charge is 0.244 e. The molecule has 0 spiro atoms. The van der Waals surface area contributed by atoms with Gasteiger partial charge in [-0.25, -0.2) is 13.1 Å². The van der Waals surface area contributed by atoms with Crippen LogP contribution >= 0.6 is 28.3 Å². The summed E-state index contributed by atoms with van der Waals surface area (Å²) in [7, 11) is -3.65. The number of hydrogen-bond acceptors (Lipinski definition) is 4. The summed E-state index contributed by atoms with van der Waals surface area (Å²) in [4.78, 5) is 0.212. The van der Waals surface area contributed by atoms with Gasteiger partial charge in [0.1, 0.15) is 10.6 Å². The van der Waals surface area contributed by atoms with E-state index in [0.29, 0.717) is 18.9 Å². The second-order valence-electron chi connectivity index (χ2n) is 5.79. The average Bonchev–Trinajstić information content (AvgIpc) is 3.06. The first-order valence-electron chi connectivity index (χ1n) is 7.15. The van der Waals surface area contributed by atoms with Crippen LogP contribution in [0.1, 0.15) is 31.2 Å². The Balaban J connectivity index is 0.00000176. The molecule has 3 N–H and O–H groups in total. The molecule has 124 valence electrons. The summed E-state index contributed by atoms with van der Waals surface area (Å²) in [5.74, 6) is 0.482. The lowest BCUT2D eigenvalue weighted by Crippen LogP contribution is -2.51. The SMILES string of the molecule is Cl.NCC1(NS(=O)(=O)c2cc(Br)cc3c2OCC3)CCCC1. The first-order chi connectivity index (χ1) is 9.96. The summed E-state index contributed by atoms with van der Waals surface area (Å²) in [5.41, 5.74) is 6.25. The van der Waals surface area contributed by atoms with Crippen LogP contribution in [0, 0.1) is 0 Å². The molecular formula is C14H20BrClN2O3S. The topological polar surface area (TPSA) is 81.4 Å². The molecule has 1 heterocycles. The molecule has 1 aromatic rings. The van der Waals surface area contributed by atoms with E-state index in [9.17, 15) is 8.42 Å². The molecule has 0 atom stereocenters. The van der Waals surface area contributed by atoms with E-state index in [2.05, 4.69) is 20.7 Å². The van der Waals surface area contributed by atoms with E-state index >= 15 is 0 Å². The molecule has 8 heteroatoms. The van der Waals surface area contributed by atoms with Crippen molar-refractivity contribution >= 4 is 38.4 Å². The minimum atomic E-state index is -3.65. The Labute approximate surface area is 145 Å². The summed E-state index contributed by atoms with van der Waals surface area (Å²) < 4.78 is 34.7. The summed E-state index contributed by atoms with van der Waals surface area (Å²) >= 11 is 3.38. The monoisotopic (exact) mass is 410 g/mol. The van der Waals surface area contributed by atoms with Crippen molar-refractivity contribution < 1.29 is 13.2 Å². The average molecular weight is 412 g/mol. The van der Waals surface area contributed by atoms with Crippen molar-refractivity contribution in [2.75, 3.05) is 13.2 Å². The number of rotatable bonds is 4. The highest BCUT2D eigenvalue weighted by Gasteiger charge is 2.38. The fourth-order valence-electron chi connectivity index (χ4n) is 3.17. The van der Waals surface area contributed by atoms with Crippen molar-refractivity contribution in [1.29, 1.82) is 0 Å². The Hall–Kier alpha value is -0.340. The maximum absolute atomic E-state index is 12.8. The summed E-state index contributed by atoms with van der Waals surface area (Å²) in [6.45, 7) is 0.847. The first-order valence-corrected chi connectivity index (χ1v) is 9.43. The van der Waals surface area contributed by atoms with Crippen molar-refractivity contribution in [1.82, 2.24) is 4.72 Å². The van der Waals surface area contributed by atoms with Crippen LogP contribution in [0.4, 0.5) is 0 Å². The van der Waals surface area contributed by atoms with Gasteiger partial charge in [0, 0.05) is 28.5 Å². The van der Waals surface area contributed by atoms with Gasteiger partial charge in [0.05, 0.1) is 6.61 Å². The van der Waals surface area contributed by atoms with E-state index in [4.69, 9.17) is 10.5 Å². The van der Waals surface area contributed by atoms with Crippen LogP contribution < -0.4 is 15.2 Å². The Morgan fingerprint density at radius 3 is 2.64 bits per heavy atom. The molecule has 0 saturated heterocycles. The molecule has 0 unspecified atom stereocenters. The number of ether oxygens (including phenoxy) is 1. The Morgan fingerprint density at radius 2 is 2.00 bits per heavy atom. The molecule has 1 aromatic carbocycles. The van der Waals surface area contributed by atoms with Gasteiger partial charge in [0.15, 0.2) is 0 Å². The van der Waals surface area contributed by atoms with Gasteiger partial charge in [-0.3, -0.25) is 0 Å². The molecule has 1 fully saturated rings. The van der Waals surface area contributed by atoms with Crippen LogP contribution in [-0.4, -0.2) is 27.1 Å². The van der Waals surface area contributed by atoms with E-state index in [0.717, 1.165) is 42.1 Å². The van der Waals surface area contributed by atoms with Gasteiger partial charge in [0.25, 0.3) is 0 Å². The van der Waals surface area contributed by atoms with Crippen molar-refractivity contribution in [2.45, 2.75) is 42.5 Å². The highest BCUT2D eigenvalue weighted by atomic mass is 79.9. The lowest BCUT2D eigenvalue weighted by molar-refractivity contribution is 0.347. The van der Waals surface area contributed by atoms with Gasteiger partial charge in [-0.05, 0) is 25.0 Å². The summed E-state index contributed by atoms with van der Waals surface area (Å²) in [6.07, 6.45) is 4.33. The van der Waals surface area contributed by atoms with Gasteiger partial charge in [-0.15, -0.1) is 12.4 Å². The van der Waals surface area contributed by atoms with E-state index in [1.54, 1.807) is 6.07 Å². The van der Waals surface area contributed by atoms with Gasteiger partial charge in [-0.2, -0.15) is 0 Å². The number of nitrogens with one attached hydrogen (secondary N) is 1. The van der Waals surface area contributed by atoms with Crippen molar-refractivity contribution in [2.24, 2.45) is 5.73 Å². The normalized spacial score (nSPS) is 19.4. The number of benzene rings is 1. The quantitative estimate of drug-likeness (QED) is 0.797. The van der Waals surface area contributed by atoms with Crippen LogP contribution in [0.3, 0.4) is 0 Å². The summed E-state index contributed by atoms with van der Waals surface area (Å²) in [5, 5.41) is 0. The van der Waals surface area contributed by atoms with Gasteiger partial charge in [0.2, 0.25) is 10.0 Å². The van der Waals surface area contributed by atoms with Crippen molar-refractivity contribution in [3.05, 3.63) is 22.2 Å².